The van der Waals surface area contributed by atoms with E-state index in [-0.39, 0.29) is 0 Å². The Morgan fingerprint density at radius 1 is 0.844 bits per heavy atom. The van der Waals surface area contributed by atoms with E-state index in [9.17, 15) is 0 Å². The second-order valence-electron chi connectivity index (χ2n) is 14.7. The van der Waals surface area contributed by atoms with Crippen molar-refractivity contribution in [1.29, 1.82) is 0 Å². The van der Waals surface area contributed by atoms with Gasteiger partial charge in [0, 0.05) is 11.5 Å². The van der Waals surface area contributed by atoms with Gasteiger partial charge < -0.3 is 0 Å². The van der Waals surface area contributed by atoms with Crippen LogP contribution in [0.3, 0.4) is 0 Å². The van der Waals surface area contributed by atoms with Gasteiger partial charge >= 0.3 is 0 Å². The smallest absolute Gasteiger partial charge is 0.0274 e. The molecule has 0 radical (unpaired) electrons. The summed E-state index contributed by atoms with van der Waals surface area (Å²) in [7, 11) is 0. The summed E-state index contributed by atoms with van der Waals surface area (Å²) in [5.41, 5.74) is 11.0. The molecule has 0 heterocycles. The summed E-state index contributed by atoms with van der Waals surface area (Å²) in [6.07, 6.45) is 26.6. The van der Waals surface area contributed by atoms with Crippen molar-refractivity contribution in [2.75, 3.05) is 0 Å². The molecule has 2 saturated carbocycles. The van der Waals surface area contributed by atoms with Crippen molar-refractivity contribution in [3.8, 4) is 12.3 Å². The predicted octanol–water partition coefficient (Wildman–Crippen LogP) is 11.6. The van der Waals surface area contributed by atoms with Crippen molar-refractivity contribution in [3.63, 3.8) is 0 Å². The van der Waals surface area contributed by atoms with Crippen LogP contribution in [-0.2, 0) is 19.3 Å². The molecule has 0 bridgehead atoms. The summed E-state index contributed by atoms with van der Waals surface area (Å²) >= 11 is 0. The van der Waals surface area contributed by atoms with Crippen LogP contribution in [0.25, 0.3) is 5.57 Å². The predicted molar refractivity (Wildman–Crippen MR) is 193 cm³/mol. The van der Waals surface area contributed by atoms with E-state index in [0.29, 0.717) is 17.8 Å². The number of rotatable bonds is 11. The number of aryl methyl sites for hydroxylation is 1. The molecule has 0 amide bonds. The molecule has 0 aromatic heterocycles. The average molecular weight is 593 g/mol. The third-order valence-corrected chi connectivity index (χ3v) is 11.2. The lowest BCUT2D eigenvalue weighted by atomic mass is 9.69. The Labute approximate surface area is 273 Å². The first-order chi connectivity index (χ1) is 21.9. The van der Waals surface area contributed by atoms with Gasteiger partial charge in [-0.15, -0.1) is 6.42 Å². The molecule has 3 aromatic carbocycles. The maximum atomic E-state index is 5.94. The lowest BCUT2D eigenvalue weighted by Crippen LogP contribution is -2.23. The fourth-order valence-electron chi connectivity index (χ4n) is 8.64. The van der Waals surface area contributed by atoms with Crippen molar-refractivity contribution < 1.29 is 0 Å². The minimum Gasteiger partial charge on any atom is -0.115 e. The first-order valence-electron chi connectivity index (χ1n) is 17.8. The molecule has 4 unspecified atom stereocenters. The summed E-state index contributed by atoms with van der Waals surface area (Å²) in [6.45, 7) is 9.41. The third kappa shape index (κ3) is 8.00. The Hall–Kier alpha value is -3.56. The summed E-state index contributed by atoms with van der Waals surface area (Å²) in [6, 6.07) is 27.4. The third-order valence-electron chi connectivity index (χ3n) is 11.2. The number of benzene rings is 3. The molecule has 0 spiro atoms. The highest BCUT2D eigenvalue weighted by Gasteiger charge is 2.31. The lowest BCUT2D eigenvalue weighted by molar-refractivity contribution is 0.252. The van der Waals surface area contributed by atoms with E-state index in [1.807, 2.05) is 0 Å². The highest BCUT2D eigenvalue weighted by Crippen LogP contribution is 2.44. The molecule has 0 N–H and O–H groups in total. The summed E-state index contributed by atoms with van der Waals surface area (Å²) in [5, 5.41) is 0. The molecule has 0 nitrogen and oxygen atoms in total. The zero-order valence-electron chi connectivity index (χ0n) is 27.7. The minimum atomic E-state index is 0.422. The van der Waals surface area contributed by atoms with E-state index in [1.54, 1.807) is 0 Å². The fourth-order valence-corrected chi connectivity index (χ4v) is 8.64. The zero-order chi connectivity index (χ0) is 31.2. The van der Waals surface area contributed by atoms with Crippen molar-refractivity contribution >= 4 is 5.57 Å². The van der Waals surface area contributed by atoms with Crippen LogP contribution in [0.5, 0.6) is 0 Å². The molecule has 3 aliphatic rings. The average Bonchev–Trinajstić information content (AvgIpc) is 3.69. The second kappa shape index (κ2) is 14.7. The highest BCUT2D eigenvalue weighted by atomic mass is 14.4. The van der Waals surface area contributed by atoms with E-state index in [4.69, 9.17) is 13.0 Å². The first kappa shape index (κ1) is 31.4. The zero-order valence-corrected chi connectivity index (χ0v) is 27.7. The normalized spacial score (nSPS) is 25.1. The number of terminal acetylenes is 1. The number of allylic oxidation sites excluding steroid dienone is 5. The minimum absolute atomic E-state index is 0.422. The van der Waals surface area contributed by atoms with Gasteiger partial charge in [-0.3, -0.25) is 0 Å². The standard InChI is InChI=1S/C45H52/c1-5-39-20-18-38(31-44(39)30-37-14-11-32(2)27-37)29-36-16-21-41(22-17-36)45(34(4)13-15-35-9-7-6-8-10-35)42-25-23-40(24-26-42)43-19-12-33(3)28-43/h1,6-10,12,18-20,23-26,28,31-33,36-37,41,45H,4,11,13-17,21-22,27,29-30H2,2-3H3. The topological polar surface area (TPSA) is 0 Å². The van der Waals surface area contributed by atoms with Crippen molar-refractivity contribution in [3.05, 3.63) is 137 Å². The first-order valence-corrected chi connectivity index (χ1v) is 17.8. The van der Waals surface area contributed by atoms with Crippen molar-refractivity contribution in [2.24, 2.45) is 29.6 Å². The van der Waals surface area contributed by atoms with Gasteiger partial charge in [-0.05, 0) is 133 Å². The van der Waals surface area contributed by atoms with Gasteiger partial charge in [-0.1, -0.05) is 123 Å². The van der Waals surface area contributed by atoms with Gasteiger partial charge in [0.1, 0.15) is 0 Å². The van der Waals surface area contributed by atoms with E-state index in [2.05, 4.69) is 111 Å². The monoisotopic (exact) mass is 592 g/mol. The lowest BCUT2D eigenvalue weighted by Gasteiger charge is -2.36. The van der Waals surface area contributed by atoms with E-state index < -0.39 is 0 Å². The van der Waals surface area contributed by atoms with Gasteiger partial charge in [0.05, 0.1) is 0 Å². The second-order valence-corrected chi connectivity index (χ2v) is 14.7. The SMILES string of the molecule is C#Cc1ccc(CC2CCC(C(C(=C)CCc3ccccc3)c3ccc(C4=CC(C)C=C4)cc3)CC2)cc1CC1CCC(C)C1. The van der Waals surface area contributed by atoms with Crippen LogP contribution in [0, 0.1) is 41.9 Å². The summed E-state index contributed by atoms with van der Waals surface area (Å²) < 4.78 is 0. The van der Waals surface area contributed by atoms with Crippen molar-refractivity contribution in [1.82, 2.24) is 0 Å². The van der Waals surface area contributed by atoms with Gasteiger partial charge in [0.15, 0.2) is 0 Å². The number of hydrogen-bond acceptors (Lipinski definition) is 0. The van der Waals surface area contributed by atoms with Crippen molar-refractivity contribution in [2.45, 2.75) is 90.4 Å². The van der Waals surface area contributed by atoms with Gasteiger partial charge in [0.25, 0.3) is 0 Å². The van der Waals surface area contributed by atoms with Crippen LogP contribution in [0.1, 0.15) is 105 Å². The Balaban J connectivity index is 1.13. The van der Waals surface area contributed by atoms with E-state index >= 15 is 0 Å². The number of hydrogen-bond donors (Lipinski definition) is 0. The molecule has 4 atom stereocenters. The van der Waals surface area contributed by atoms with Crippen LogP contribution in [0.2, 0.25) is 0 Å². The van der Waals surface area contributed by atoms with Crippen LogP contribution < -0.4 is 0 Å². The molecule has 3 aliphatic carbocycles. The van der Waals surface area contributed by atoms with Crippen LogP contribution in [0.15, 0.2) is 103 Å². The van der Waals surface area contributed by atoms with Crippen LogP contribution in [-0.4, -0.2) is 0 Å². The highest BCUT2D eigenvalue weighted by molar-refractivity contribution is 5.76. The van der Waals surface area contributed by atoms with Gasteiger partial charge in [-0.2, -0.15) is 0 Å². The summed E-state index contributed by atoms with van der Waals surface area (Å²) in [4.78, 5) is 0. The van der Waals surface area contributed by atoms with E-state index in [1.165, 1.54) is 90.3 Å². The Morgan fingerprint density at radius 2 is 1.60 bits per heavy atom. The molecule has 45 heavy (non-hydrogen) atoms. The van der Waals surface area contributed by atoms with Gasteiger partial charge in [0.2, 0.25) is 0 Å². The fraction of sp³-hybridized carbons (Fsp3) is 0.422. The molecule has 6 rings (SSSR count). The Bertz CT molecular complexity index is 1530. The maximum Gasteiger partial charge on any atom is 0.0274 e. The Kier molecular flexibility index (Phi) is 10.3. The molecular weight excluding hydrogens is 540 g/mol. The molecule has 3 aromatic rings. The molecule has 0 heteroatoms. The largest absolute Gasteiger partial charge is 0.115 e. The summed E-state index contributed by atoms with van der Waals surface area (Å²) in [5.74, 6) is 7.00. The van der Waals surface area contributed by atoms with Gasteiger partial charge in [-0.25, -0.2) is 0 Å². The maximum absolute atomic E-state index is 5.94. The van der Waals surface area contributed by atoms with Crippen LogP contribution in [0.4, 0.5) is 0 Å². The molecular formula is C45H52. The molecule has 0 saturated heterocycles. The Morgan fingerprint density at radius 3 is 2.27 bits per heavy atom. The van der Waals surface area contributed by atoms with Crippen LogP contribution >= 0.6 is 0 Å². The molecule has 0 aliphatic heterocycles. The van der Waals surface area contributed by atoms with E-state index in [0.717, 1.165) is 42.6 Å². The molecule has 232 valence electrons. The molecule has 2 fully saturated rings. The quantitative estimate of drug-likeness (QED) is 0.153.